The molecule has 1 aliphatic rings. The van der Waals surface area contributed by atoms with E-state index in [-0.39, 0.29) is 5.97 Å². The molecule has 0 aliphatic carbocycles. The Hall–Kier alpha value is -0.570. The van der Waals surface area contributed by atoms with Gasteiger partial charge < -0.3 is 10.1 Å². The smallest absolute Gasteiger partial charge is 0.305 e. The van der Waals surface area contributed by atoms with Gasteiger partial charge >= 0.3 is 5.97 Å². The van der Waals surface area contributed by atoms with Crippen LogP contribution in [0, 0.1) is 11.8 Å². The number of nitrogens with one attached hydrogen (secondary N) is 1. The molecular formula is C12H23NO2. The Labute approximate surface area is 92.6 Å². The van der Waals surface area contributed by atoms with Gasteiger partial charge in [-0.15, -0.1) is 0 Å². The molecule has 1 fully saturated rings. The summed E-state index contributed by atoms with van der Waals surface area (Å²) in [6, 6.07) is 0. The molecule has 0 unspecified atom stereocenters. The van der Waals surface area contributed by atoms with Crippen LogP contribution in [0.1, 0.15) is 39.5 Å². The van der Waals surface area contributed by atoms with Crippen LogP contribution in [0.4, 0.5) is 0 Å². The predicted octanol–water partition coefficient (Wildman–Crippen LogP) is 1.97. The zero-order valence-electron chi connectivity index (χ0n) is 9.92. The largest absolute Gasteiger partial charge is 0.465 e. The standard InChI is InChI=1S/C12H23NO2/c1-10(2)9-15-12(14)4-3-11-5-7-13-8-6-11/h10-11,13H,3-9H2,1-2H3. The summed E-state index contributed by atoms with van der Waals surface area (Å²) < 4.78 is 5.14. The summed E-state index contributed by atoms with van der Waals surface area (Å²) in [5, 5.41) is 3.33. The van der Waals surface area contributed by atoms with Crippen molar-refractivity contribution in [1.82, 2.24) is 5.32 Å². The lowest BCUT2D eigenvalue weighted by atomic mass is 9.93. The molecule has 0 aromatic heterocycles. The Morgan fingerprint density at radius 1 is 1.40 bits per heavy atom. The van der Waals surface area contributed by atoms with Crippen LogP contribution in [-0.4, -0.2) is 25.7 Å². The third-order valence-electron chi connectivity index (χ3n) is 2.79. The van der Waals surface area contributed by atoms with Gasteiger partial charge in [0.25, 0.3) is 0 Å². The highest BCUT2D eigenvalue weighted by Gasteiger charge is 2.14. The number of esters is 1. The van der Waals surface area contributed by atoms with E-state index >= 15 is 0 Å². The van der Waals surface area contributed by atoms with E-state index in [2.05, 4.69) is 19.2 Å². The van der Waals surface area contributed by atoms with Crippen LogP contribution in [0.25, 0.3) is 0 Å². The Bertz CT molecular complexity index is 186. The van der Waals surface area contributed by atoms with Crippen LogP contribution in [0.2, 0.25) is 0 Å². The van der Waals surface area contributed by atoms with Crippen LogP contribution in [-0.2, 0) is 9.53 Å². The van der Waals surface area contributed by atoms with E-state index in [0.29, 0.717) is 18.9 Å². The van der Waals surface area contributed by atoms with Gasteiger partial charge in [-0.3, -0.25) is 4.79 Å². The topological polar surface area (TPSA) is 38.3 Å². The maximum absolute atomic E-state index is 11.4. The Balaban J connectivity index is 2.05. The molecule has 0 amide bonds. The lowest BCUT2D eigenvalue weighted by molar-refractivity contribution is -0.145. The quantitative estimate of drug-likeness (QED) is 0.710. The van der Waals surface area contributed by atoms with E-state index in [9.17, 15) is 4.79 Å². The molecule has 1 heterocycles. The molecule has 0 saturated carbocycles. The predicted molar refractivity (Wildman–Crippen MR) is 60.6 cm³/mol. The van der Waals surface area contributed by atoms with Crippen molar-refractivity contribution in [2.75, 3.05) is 19.7 Å². The van der Waals surface area contributed by atoms with Gasteiger partial charge in [-0.25, -0.2) is 0 Å². The monoisotopic (exact) mass is 213 g/mol. The molecule has 1 rings (SSSR count). The fourth-order valence-electron chi connectivity index (χ4n) is 1.82. The molecule has 0 radical (unpaired) electrons. The summed E-state index contributed by atoms with van der Waals surface area (Å²) in [4.78, 5) is 11.4. The van der Waals surface area contributed by atoms with E-state index in [0.717, 1.165) is 25.4 Å². The molecule has 88 valence electrons. The summed E-state index contributed by atoms with van der Waals surface area (Å²) in [5.74, 6) is 1.13. The van der Waals surface area contributed by atoms with Crippen LogP contribution in [0.5, 0.6) is 0 Å². The zero-order valence-corrected chi connectivity index (χ0v) is 9.92. The van der Waals surface area contributed by atoms with Gasteiger partial charge in [0.1, 0.15) is 0 Å². The first-order chi connectivity index (χ1) is 7.18. The lowest BCUT2D eigenvalue weighted by Gasteiger charge is -2.22. The van der Waals surface area contributed by atoms with Crippen LogP contribution < -0.4 is 5.32 Å². The normalized spacial score (nSPS) is 18.1. The van der Waals surface area contributed by atoms with E-state index in [1.54, 1.807) is 0 Å². The average molecular weight is 213 g/mol. The van der Waals surface area contributed by atoms with Crippen LogP contribution in [0.15, 0.2) is 0 Å². The molecule has 0 aromatic carbocycles. The van der Waals surface area contributed by atoms with Gasteiger partial charge in [-0.05, 0) is 44.2 Å². The van der Waals surface area contributed by atoms with Crippen LogP contribution >= 0.6 is 0 Å². The molecular weight excluding hydrogens is 190 g/mol. The number of hydrogen-bond donors (Lipinski definition) is 1. The molecule has 1 N–H and O–H groups in total. The Morgan fingerprint density at radius 3 is 2.67 bits per heavy atom. The third kappa shape index (κ3) is 5.78. The first-order valence-corrected chi connectivity index (χ1v) is 6.05. The molecule has 1 aliphatic heterocycles. The van der Waals surface area contributed by atoms with Crippen molar-refractivity contribution >= 4 is 5.97 Å². The fourth-order valence-corrected chi connectivity index (χ4v) is 1.82. The number of piperidine rings is 1. The number of hydrogen-bond acceptors (Lipinski definition) is 3. The second kappa shape index (κ2) is 6.83. The number of ether oxygens (including phenoxy) is 1. The molecule has 0 atom stereocenters. The highest BCUT2D eigenvalue weighted by Crippen LogP contribution is 2.17. The molecule has 3 heteroatoms. The van der Waals surface area contributed by atoms with Crippen molar-refractivity contribution in [2.24, 2.45) is 11.8 Å². The number of rotatable bonds is 5. The van der Waals surface area contributed by atoms with Gasteiger partial charge in [0.05, 0.1) is 6.61 Å². The van der Waals surface area contributed by atoms with Gasteiger partial charge in [-0.2, -0.15) is 0 Å². The number of carbonyl (C=O) groups excluding carboxylic acids is 1. The highest BCUT2D eigenvalue weighted by atomic mass is 16.5. The second-order valence-electron chi connectivity index (χ2n) is 4.81. The van der Waals surface area contributed by atoms with Crippen molar-refractivity contribution in [3.8, 4) is 0 Å². The molecule has 0 spiro atoms. The van der Waals surface area contributed by atoms with Crippen molar-refractivity contribution in [1.29, 1.82) is 0 Å². The Kier molecular flexibility index (Phi) is 5.69. The van der Waals surface area contributed by atoms with Gasteiger partial charge in [0.15, 0.2) is 0 Å². The molecule has 3 nitrogen and oxygen atoms in total. The minimum absolute atomic E-state index is 0.0257. The van der Waals surface area contributed by atoms with Crippen molar-refractivity contribution in [2.45, 2.75) is 39.5 Å². The molecule has 15 heavy (non-hydrogen) atoms. The van der Waals surface area contributed by atoms with Gasteiger partial charge in [0.2, 0.25) is 0 Å². The van der Waals surface area contributed by atoms with E-state index in [4.69, 9.17) is 4.74 Å². The minimum Gasteiger partial charge on any atom is -0.465 e. The molecule has 1 saturated heterocycles. The maximum atomic E-state index is 11.4. The van der Waals surface area contributed by atoms with E-state index < -0.39 is 0 Å². The first-order valence-electron chi connectivity index (χ1n) is 6.05. The summed E-state index contributed by atoms with van der Waals surface area (Å²) in [6.07, 6.45) is 4.00. The van der Waals surface area contributed by atoms with Gasteiger partial charge in [-0.1, -0.05) is 13.8 Å². The first kappa shape index (κ1) is 12.5. The van der Waals surface area contributed by atoms with E-state index in [1.165, 1.54) is 12.8 Å². The summed E-state index contributed by atoms with van der Waals surface area (Å²) >= 11 is 0. The summed E-state index contributed by atoms with van der Waals surface area (Å²) in [6.45, 7) is 6.88. The van der Waals surface area contributed by atoms with E-state index in [1.807, 2.05) is 0 Å². The zero-order chi connectivity index (χ0) is 11.1. The third-order valence-corrected chi connectivity index (χ3v) is 2.79. The highest BCUT2D eigenvalue weighted by molar-refractivity contribution is 5.69. The summed E-state index contributed by atoms with van der Waals surface area (Å²) in [7, 11) is 0. The second-order valence-corrected chi connectivity index (χ2v) is 4.81. The van der Waals surface area contributed by atoms with Crippen molar-refractivity contribution in [3.63, 3.8) is 0 Å². The molecule has 0 aromatic rings. The Morgan fingerprint density at radius 2 is 2.07 bits per heavy atom. The average Bonchev–Trinajstić information content (AvgIpc) is 2.25. The summed E-state index contributed by atoms with van der Waals surface area (Å²) in [5.41, 5.74) is 0. The van der Waals surface area contributed by atoms with Gasteiger partial charge in [0, 0.05) is 6.42 Å². The lowest BCUT2D eigenvalue weighted by Crippen LogP contribution is -2.28. The van der Waals surface area contributed by atoms with Crippen molar-refractivity contribution < 1.29 is 9.53 Å². The maximum Gasteiger partial charge on any atom is 0.305 e. The SMILES string of the molecule is CC(C)COC(=O)CCC1CCNCC1. The number of carbonyl (C=O) groups is 1. The van der Waals surface area contributed by atoms with Crippen molar-refractivity contribution in [3.05, 3.63) is 0 Å². The minimum atomic E-state index is -0.0257. The fraction of sp³-hybridized carbons (Fsp3) is 0.917. The molecule has 0 bridgehead atoms. The van der Waals surface area contributed by atoms with Crippen LogP contribution in [0.3, 0.4) is 0 Å².